The maximum absolute atomic E-state index is 12.8. The van der Waals surface area contributed by atoms with Crippen LogP contribution < -0.4 is 0 Å². The standard InChI is InChI=1S/C53H100O11/c1-3-5-7-9-11-13-15-17-19-20-21-22-23-24-25-26-28-29-31-33-35-37-39-41-46(54)61-43-45(44-62-53-50(58)48(56)49(57)51(64-53)52(59)60)63-47(55)42-40-38-36-34-32-30-27-18-16-14-12-10-8-6-4-2/h45,48-51,53,56-58H,3-44H2,1-2H3,(H,59,60). The zero-order valence-electron chi connectivity index (χ0n) is 41.3. The third-order valence-corrected chi connectivity index (χ3v) is 13.0. The molecule has 0 saturated carbocycles. The second-order valence-corrected chi connectivity index (χ2v) is 19.1. The van der Waals surface area contributed by atoms with Crippen LogP contribution >= 0.6 is 0 Å². The number of carboxylic acids is 1. The van der Waals surface area contributed by atoms with Gasteiger partial charge in [-0.2, -0.15) is 0 Å². The van der Waals surface area contributed by atoms with E-state index in [0.29, 0.717) is 12.8 Å². The number of carbonyl (C=O) groups excluding carboxylic acids is 2. The van der Waals surface area contributed by atoms with Crippen LogP contribution in [0.25, 0.3) is 0 Å². The van der Waals surface area contributed by atoms with Crippen LogP contribution in [0.3, 0.4) is 0 Å². The summed E-state index contributed by atoms with van der Waals surface area (Å²) in [6.45, 7) is 3.87. The van der Waals surface area contributed by atoms with Crippen molar-refractivity contribution in [3.8, 4) is 0 Å². The van der Waals surface area contributed by atoms with Crippen LogP contribution in [0.15, 0.2) is 0 Å². The summed E-state index contributed by atoms with van der Waals surface area (Å²) < 4.78 is 21.9. The molecule has 378 valence electrons. The molecule has 4 N–H and O–H groups in total. The highest BCUT2D eigenvalue weighted by atomic mass is 16.7. The lowest BCUT2D eigenvalue weighted by atomic mass is 9.99. The topological polar surface area (TPSA) is 169 Å². The Labute approximate surface area is 391 Å². The van der Waals surface area contributed by atoms with Gasteiger partial charge in [-0.1, -0.05) is 245 Å². The molecule has 0 radical (unpaired) electrons. The molecule has 1 fully saturated rings. The zero-order valence-corrected chi connectivity index (χ0v) is 41.3. The summed E-state index contributed by atoms with van der Waals surface area (Å²) in [7, 11) is 0. The number of carboxylic acid groups (broad SMARTS) is 1. The summed E-state index contributed by atoms with van der Waals surface area (Å²) >= 11 is 0. The highest BCUT2D eigenvalue weighted by Gasteiger charge is 2.47. The second-order valence-electron chi connectivity index (χ2n) is 19.1. The van der Waals surface area contributed by atoms with E-state index in [0.717, 1.165) is 38.5 Å². The van der Waals surface area contributed by atoms with Crippen molar-refractivity contribution in [1.82, 2.24) is 0 Å². The first-order valence-corrected chi connectivity index (χ1v) is 27.1. The molecule has 1 rings (SSSR count). The van der Waals surface area contributed by atoms with E-state index < -0.39 is 54.7 Å². The molecule has 64 heavy (non-hydrogen) atoms. The number of carbonyl (C=O) groups is 3. The van der Waals surface area contributed by atoms with E-state index in [1.54, 1.807) is 0 Å². The van der Waals surface area contributed by atoms with Crippen molar-refractivity contribution in [3.05, 3.63) is 0 Å². The smallest absolute Gasteiger partial charge is 0.335 e. The third-order valence-electron chi connectivity index (χ3n) is 13.0. The highest BCUT2D eigenvalue weighted by Crippen LogP contribution is 2.23. The molecule has 0 aromatic carbocycles. The van der Waals surface area contributed by atoms with E-state index in [2.05, 4.69) is 13.8 Å². The number of rotatable bonds is 47. The molecule has 0 amide bonds. The second kappa shape index (κ2) is 43.8. The third kappa shape index (κ3) is 34.5. The summed E-state index contributed by atoms with van der Waals surface area (Å²) in [6.07, 6.45) is 38.8. The molecule has 1 aliphatic heterocycles. The Kier molecular flexibility index (Phi) is 41.2. The Morgan fingerprint density at radius 1 is 0.422 bits per heavy atom. The normalized spacial score (nSPS) is 19.2. The highest BCUT2D eigenvalue weighted by molar-refractivity contribution is 5.73. The van der Waals surface area contributed by atoms with Crippen molar-refractivity contribution >= 4 is 17.9 Å². The Bertz CT molecular complexity index is 1070. The first-order chi connectivity index (χ1) is 31.2. The first-order valence-electron chi connectivity index (χ1n) is 27.1. The Balaban J connectivity index is 2.22. The predicted molar refractivity (Wildman–Crippen MR) is 257 cm³/mol. The molecule has 0 bridgehead atoms. The largest absolute Gasteiger partial charge is 0.479 e. The lowest BCUT2D eigenvalue weighted by Gasteiger charge is -2.38. The van der Waals surface area contributed by atoms with Crippen molar-refractivity contribution in [2.24, 2.45) is 0 Å². The number of aliphatic hydroxyl groups excluding tert-OH is 3. The van der Waals surface area contributed by atoms with Crippen LogP contribution in [-0.4, -0.2) is 88.4 Å². The number of unbranched alkanes of at least 4 members (excludes halogenated alkanes) is 36. The van der Waals surface area contributed by atoms with Gasteiger partial charge in [-0.05, 0) is 12.8 Å². The van der Waals surface area contributed by atoms with Gasteiger partial charge < -0.3 is 39.4 Å². The molecule has 1 aliphatic rings. The molecule has 0 aromatic rings. The fourth-order valence-corrected chi connectivity index (χ4v) is 8.71. The average molecular weight is 913 g/mol. The number of hydrogen-bond acceptors (Lipinski definition) is 10. The quantitative estimate of drug-likeness (QED) is 0.0339. The Hall–Kier alpha value is -1.79. The van der Waals surface area contributed by atoms with Crippen molar-refractivity contribution in [2.75, 3.05) is 13.2 Å². The predicted octanol–water partition coefficient (Wildman–Crippen LogP) is 13.0. The minimum atomic E-state index is -1.86. The summed E-state index contributed by atoms with van der Waals surface area (Å²) in [4.78, 5) is 37.0. The molecule has 11 nitrogen and oxygen atoms in total. The minimum Gasteiger partial charge on any atom is -0.479 e. The van der Waals surface area contributed by atoms with Gasteiger partial charge in [-0.3, -0.25) is 9.59 Å². The van der Waals surface area contributed by atoms with Gasteiger partial charge in [-0.15, -0.1) is 0 Å². The molecule has 1 heterocycles. The lowest BCUT2D eigenvalue weighted by Crippen LogP contribution is -2.60. The lowest BCUT2D eigenvalue weighted by molar-refractivity contribution is -0.298. The van der Waals surface area contributed by atoms with E-state index in [4.69, 9.17) is 18.9 Å². The van der Waals surface area contributed by atoms with Crippen LogP contribution in [0.5, 0.6) is 0 Å². The van der Waals surface area contributed by atoms with Crippen molar-refractivity contribution in [2.45, 2.75) is 307 Å². The summed E-state index contributed by atoms with van der Waals surface area (Å²) in [5.41, 5.74) is 0. The van der Waals surface area contributed by atoms with E-state index in [1.807, 2.05) is 0 Å². The van der Waals surface area contributed by atoms with Gasteiger partial charge in [0.1, 0.15) is 24.9 Å². The van der Waals surface area contributed by atoms with Crippen LogP contribution in [-0.2, 0) is 33.3 Å². The number of aliphatic carboxylic acids is 1. The first kappa shape index (κ1) is 60.2. The number of ether oxygens (including phenoxy) is 4. The van der Waals surface area contributed by atoms with E-state index in [-0.39, 0.29) is 26.1 Å². The number of aliphatic hydroxyl groups is 3. The number of esters is 2. The fraction of sp³-hybridized carbons (Fsp3) is 0.943. The van der Waals surface area contributed by atoms with Gasteiger partial charge in [0.15, 0.2) is 18.5 Å². The molecular weight excluding hydrogens is 813 g/mol. The number of hydrogen-bond donors (Lipinski definition) is 4. The molecule has 0 aromatic heterocycles. The van der Waals surface area contributed by atoms with Gasteiger partial charge in [0.25, 0.3) is 0 Å². The summed E-state index contributed by atoms with van der Waals surface area (Å²) in [5, 5.41) is 39.9. The van der Waals surface area contributed by atoms with Gasteiger partial charge in [-0.25, -0.2) is 4.79 Å². The van der Waals surface area contributed by atoms with E-state index in [9.17, 15) is 34.8 Å². The zero-order chi connectivity index (χ0) is 46.7. The van der Waals surface area contributed by atoms with E-state index in [1.165, 1.54) is 193 Å². The van der Waals surface area contributed by atoms with Crippen LogP contribution in [0, 0.1) is 0 Å². The molecule has 1 saturated heterocycles. The van der Waals surface area contributed by atoms with Gasteiger partial charge >= 0.3 is 17.9 Å². The summed E-state index contributed by atoms with van der Waals surface area (Å²) in [6, 6.07) is 0. The monoisotopic (exact) mass is 913 g/mol. The van der Waals surface area contributed by atoms with Crippen LogP contribution in [0.4, 0.5) is 0 Å². The van der Waals surface area contributed by atoms with Gasteiger partial charge in [0, 0.05) is 12.8 Å². The van der Waals surface area contributed by atoms with Crippen molar-refractivity contribution in [3.63, 3.8) is 0 Å². The fourth-order valence-electron chi connectivity index (χ4n) is 8.71. The molecule has 0 aliphatic carbocycles. The van der Waals surface area contributed by atoms with Crippen molar-refractivity contribution in [1.29, 1.82) is 0 Å². The van der Waals surface area contributed by atoms with Gasteiger partial charge in [0.05, 0.1) is 6.61 Å². The summed E-state index contributed by atoms with van der Waals surface area (Å²) in [5.74, 6) is -2.42. The van der Waals surface area contributed by atoms with Crippen LogP contribution in [0.2, 0.25) is 0 Å². The van der Waals surface area contributed by atoms with Crippen molar-refractivity contribution < 1.29 is 53.8 Å². The Morgan fingerprint density at radius 2 is 0.734 bits per heavy atom. The maximum atomic E-state index is 12.8. The molecule has 6 unspecified atom stereocenters. The maximum Gasteiger partial charge on any atom is 0.335 e. The Morgan fingerprint density at radius 3 is 1.06 bits per heavy atom. The SMILES string of the molecule is CCCCCCCCCCCCCCCCCCCCCCCCCC(=O)OCC(COC1OC(C(=O)O)C(O)C(O)C1O)OC(=O)CCCCCCCCCCCCCCCCC. The molecule has 6 atom stereocenters. The molecular formula is C53H100O11. The average Bonchev–Trinajstić information content (AvgIpc) is 3.28. The molecule has 11 heteroatoms. The van der Waals surface area contributed by atoms with Gasteiger partial charge in [0.2, 0.25) is 0 Å². The van der Waals surface area contributed by atoms with Crippen LogP contribution in [0.1, 0.15) is 271 Å². The molecule has 0 spiro atoms. The van der Waals surface area contributed by atoms with E-state index >= 15 is 0 Å². The minimum absolute atomic E-state index is 0.191.